The van der Waals surface area contributed by atoms with Gasteiger partial charge in [-0.1, -0.05) is 72.8 Å². The number of methoxy groups -OCH3 is 2. The lowest BCUT2D eigenvalue weighted by atomic mass is 9.96. The van der Waals surface area contributed by atoms with Crippen LogP contribution in [0.25, 0.3) is 0 Å². The summed E-state index contributed by atoms with van der Waals surface area (Å²) >= 11 is 0. The molecule has 0 aliphatic heterocycles. The van der Waals surface area contributed by atoms with E-state index < -0.39 is 40.4 Å². The zero-order valence-electron chi connectivity index (χ0n) is 25.8. The number of hydrogen-bond donors (Lipinski definition) is 0. The standard InChI is InChI=1S/C34H30O12P2/c1-39-33(35)29-23-32(46-48(38,43-27-19-11-5-12-20-27)44-28-21-13-6-14-22-28)30(34(36)40-2)24-31(29)45-47(37,41-25-15-7-3-8-16-25)42-26-17-9-4-10-18-26/h3-22H,23-24H2,1-2H3. The van der Waals surface area contributed by atoms with Crippen LogP contribution < -0.4 is 18.1 Å². The van der Waals surface area contributed by atoms with Crippen LogP contribution in [0.4, 0.5) is 0 Å². The molecule has 1 aliphatic rings. The number of allylic oxidation sites excluding steroid dienone is 2. The van der Waals surface area contributed by atoms with E-state index in [0.29, 0.717) is 0 Å². The predicted octanol–water partition coefficient (Wildman–Crippen LogP) is 8.20. The van der Waals surface area contributed by atoms with Gasteiger partial charge in [0, 0.05) is 12.8 Å². The van der Waals surface area contributed by atoms with Crippen LogP contribution in [0, 0.1) is 0 Å². The highest BCUT2D eigenvalue weighted by Crippen LogP contribution is 2.56. The maximum absolute atomic E-state index is 14.2. The van der Waals surface area contributed by atoms with Crippen molar-refractivity contribution in [3.63, 3.8) is 0 Å². The van der Waals surface area contributed by atoms with Crippen molar-refractivity contribution >= 4 is 27.6 Å². The van der Waals surface area contributed by atoms with E-state index in [1.807, 2.05) is 0 Å². The van der Waals surface area contributed by atoms with Gasteiger partial charge in [0.05, 0.1) is 25.4 Å². The third-order valence-corrected chi connectivity index (χ3v) is 9.12. The minimum Gasteiger partial charge on any atom is -0.466 e. The Bertz CT molecular complexity index is 1650. The molecule has 0 atom stereocenters. The first kappa shape index (κ1) is 33.9. The summed E-state index contributed by atoms with van der Waals surface area (Å²) in [7, 11) is -7.00. The van der Waals surface area contributed by atoms with Crippen LogP contribution in [0.5, 0.6) is 23.0 Å². The van der Waals surface area contributed by atoms with Gasteiger partial charge in [0.1, 0.15) is 34.5 Å². The third kappa shape index (κ3) is 8.88. The average molecular weight is 693 g/mol. The van der Waals surface area contributed by atoms with Gasteiger partial charge in [-0.15, -0.1) is 0 Å². The molecule has 0 saturated carbocycles. The molecular weight excluding hydrogens is 662 g/mol. The maximum Gasteiger partial charge on any atom is 0.646 e. The molecule has 14 heteroatoms. The maximum atomic E-state index is 14.2. The van der Waals surface area contributed by atoms with Gasteiger partial charge in [0.15, 0.2) is 0 Å². The number of hydrogen-bond acceptors (Lipinski definition) is 12. The summed E-state index contributed by atoms with van der Waals surface area (Å²) in [6, 6.07) is 32.4. The zero-order valence-corrected chi connectivity index (χ0v) is 27.5. The van der Waals surface area contributed by atoms with Gasteiger partial charge in [-0.25, -0.2) is 9.59 Å². The van der Waals surface area contributed by atoms with Gasteiger partial charge >= 0.3 is 27.6 Å². The number of benzene rings is 4. The number of para-hydroxylation sites is 4. The van der Waals surface area contributed by atoms with E-state index in [1.54, 1.807) is 72.8 Å². The molecule has 5 rings (SSSR count). The van der Waals surface area contributed by atoms with E-state index in [2.05, 4.69) is 0 Å². The number of ether oxygens (including phenoxy) is 2. The van der Waals surface area contributed by atoms with Gasteiger partial charge in [-0.2, -0.15) is 9.13 Å². The van der Waals surface area contributed by atoms with Crippen molar-refractivity contribution < 1.29 is 55.3 Å². The molecule has 4 aromatic carbocycles. The van der Waals surface area contributed by atoms with Crippen LogP contribution in [-0.4, -0.2) is 26.2 Å². The highest BCUT2D eigenvalue weighted by molar-refractivity contribution is 7.49. The Morgan fingerprint density at radius 3 is 0.917 bits per heavy atom. The highest BCUT2D eigenvalue weighted by Gasteiger charge is 2.43. The van der Waals surface area contributed by atoms with Crippen molar-refractivity contribution in [2.45, 2.75) is 12.8 Å². The van der Waals surface area contributed by atoms with Crippen molar-refractivity contribution in [2.24, 2.45) is 0 Å². The summed E-state index contributed by atoms with van der Waals surface area (Å²) < 4.78 is 73.0. The van der Waals surface area contributed by atoms with Gasteiger partial charge in [-0.05, 0) is 48.5 Å². The fourth-order valence-corrected chi connectivity index (χ4v) is 6.98. The fraction of sp³-hybridized carbons (Fsp3) is 0.118. The van der Waals surface area contributed by atoms with Gasteiger partial charge < -0.3 is 36.6 Å². The second-order valence-electron chi connectivity index (χ2n) is 9.83. The third-order valence-electron chi connectivity index (χ3n) is 6.50. The molecule has 248 valence electrons. The molecule has 0 N–H and O–H groups in total. The van der Waals surface area contributed by atoms with Crippen molar-refractivity contribution in [1.29, 1.82) is 0 Å². The van der Waals surface area contributed by atoms with E-state index in [4.69, 9.17) is 36.6 Å². The number of esters is 2. The van der Waals surface area contributed by atoms with Crippen LogP contribution >= 0.6 is 15.6 Å². The lowest BCUT2D eigenvalue weighted by Crippen LogP contribution is -2.22. The molecule has 0 radical (unpaired) electrons. The molecule has 0 bridgehead atoms. The first-order chi connectivity index (χ1) is 23.2. The topological polar surface area (TPSA) is 142 Å². The first-order valence-electron chi connectivity index (χ1n) is 14.4. The molecule has 48 heavy (non-hydrogen) atoms. The summed E-state index contributed by atoms with van der Waals surface area (Å²) in [5.41, 5.74) is -0.473. The van der Waals surface area contributed by atoms with Crippen molar-refractivity contribution in [2.75, 3.05) is 14.2 Å². The Kier molecular flexibility index (Phi) is 10.9. The Hall–Kier alpha value is -5.44. The molecule has 4 aromatic rings. The smallest absolute Gasteiger partial charge is 0.466 e. The number of phosphoric ester groups is 2. The fourth-order valence-electron chi connectivity index (χ4n) is 4.35. The number of carbonyl (C=O) groups excluding carboxylic acids is 2. The van der Waals surface area contributed by atoms with E-state index in [-0.39, 0.29) is 45.7 Å². The number of rotatable bonds is 14. The van der Waals surface area contributed by atoms with E-state index >= 15 is 0 Å². The monoisotopic (exact) mass is 692 g/mol. The predicted molar refractivity (Wildman–Crippen MR) is 173 cm³/mol. The van der Waals surface area contributed by atoms with Crippen LogP contribution in [0.1, 0.15) is 12.8 Å². The molecule has 0 spiro atoms. The summed E-state index contributed by atoms with van der Waals surface area (Å²) in [5, 5.41) is 0. The van der Waals surface area contributed by atoms with E-state index in [1.165, 1.54) is 48.5 Å². The van der Waals surface area contributed by atoms with E-state index in [0.717, 1.165) is 14.2 Å². The lowest BCUT2D eigenvalue weighted by Gasteiger charge is -2.27. The van der Waals surface area contributed by atoms with Crippen molar-refractivity contribution in [3.05, 3.63) is 144 Å². The van der Waals surface area contributed by atoms with Gasteiger partial charge in [0.2, 0.25) is 0 Å². The molecular formula is C34H30O12P2. The SMILES string of the molecule is COC(=O)C1=C(OP(=O)(Oc2ccccc2)Oc2ccccc2)CC(C(=O)OC)=C(OP(=O)(Oc2ccccc2)Oc2ccccc2)C1. The molecule has 12 nitrogen and oxygen atoms in total. The normalized spacial score (nSPS) is 13.2. The number of phosphoric acid groups is 2. The van der Waals surface area contributed by atoms with Crippen molar-refractivity contribution in [1.82, 2.24) is 0 Å². The molecule has 0 amide bonds. The Labute approximate surface area is 276 Å². The van der Waals surface area contributed by atoms with Crippen LogP contribution in [-0.2, 0) is 37.2 Å². The zero-order chi connectivity index (χ0) is 34.0. The van der Waals surface area contributed by atoms with Gasteiger partial charge in [0.25, 0.3) is 0 Å². The summed E-state index contributed by atoms with van der Waals surface area (Å²) in [4.78, 5) is 26.3. The van der Waals surface area contributed by atoms with Crippen molar-refractivity contribution in [3.8, 4) is 23.0 Å². The van der Waals surface area contributed by atoms with E-state index in [9.17, 15) is 18.7 Å². The highest BCUT2D eigenvalue weighted by atomic mass is 31.2. The number of carbonyl (C=O) groups is 2. The average Bonchev–Trinajstić information content (AvgIpc) is 3.09. The second kappa shape index (κ2) is 15.4. The lowest BCUT2D eigenvalue weighted by molar-refractivity contribution is -0.138. The van der Waals surface area contributed by atoms with Crippen LogP contribution in [0.2, 0.25) is 0 Å². The molecule has 0 heterocycles. The minimum absolute atomic E-state index is 0.137. The largest absolute Gasteiger partial charge is 0.646 e. The molecule has 0 fully saturated rings. The first-order valence-corrected chi connectivity index (χ1v) is 17.3. The van der Waals surface area contributed by atoms with Gasteiger partial charge in [-0.3, -0.25) is 0 Å². The Balaban J connectivity index is 1.54. The van der Waals surface area contributed by atoms with Crippen LogP contribution in [0.15, 0.2) is 144 Å². The Morgan fingerprint density at radius 2 is 0.688 bits per heavy atom. The Morgan fingerprint density at radius 1 is 0.438 bits per heavy atom. The molecule has 0 saturated heterocycles. The molecule has 0 aromatic heterocycles. The summed E-state index contributed by atoms with van der Waals surface area (Å²) in [6.07, 6.45) is -1.08. The second-order valence-corrected chi connectivity index (χ2v) is 12.7. The minimum atomic E-state index is -4.62. The quantitative estimate of drug-likeness (QED) is 0.0929. The van der Waals surface area contributed by atoms with Crippen LogP contribution in [0.3, 0.4) is 0 Å². The molecule has 1 aliphatic carbocycles. The molecule has 0 unspecified atom stereocenters. The summed E-state index contributed by atoms with van der Waals surface area (Å²) in [6.45, 7) is 0. The summed E-state index contributed by atoms with van der Waals surface area (Å²) in [5.74, 6) is -1.90.